The molecule has 94 valence electrons. The molecule has 0 radical (unpaired) electrons. The largest absolute Gasteiger partial charge is 0.494 e. The van der Waals surface area contributed by atoms with Crippen LogP contribution in [-0.4, -0.2) is 12.4 Å². The molecule has 0 heterocycles. The van der Waals surface area contributed by atoms with Gasteiger partial charge in [0.2, 0.25) is 0 Å². The van der Waals surface area contributed by atoms with Gasteiger partial charge in [0.1, 0.15) is 5.75 Å². The second kappa shape index (κ2) is 4.77. The number of halogens is 3. The summed E-state index contributed by atoms with van der Waals surface area (Å²) in [5.74, 6) is -0.451. The van der Waals surface area contributed by atoms with Gasteiger partial charge >= 0.3 is 6.18 Å². The molecule has 0 saturated heterocycles. The van der Waals surface area contributed by atoms with Gasteiger partial charge in [0.15, 0.2) is 5.78 Å². The maximum Gasteiger partial charge on any atom is 0.417 e. The summed E-state index contributed by atoms with van der Waals surface area (Å²) >= 11 is 0. The van der Waals surface area contributed by atoms with Crippen molar-refractivity contribution < 1.29 is 22.7 Å². The van der Waals surface area contributed by atoms with Crippen molar-refractivity contribution in [2.75, 3.05) is 6.61 Å². The molecule has 0 bridgehead atoms. The topological polar surface area (TPSA) is 26.3 Å². The van der Waals surface area contributed by atoms with Crippen LogP contribution in [0.5, 0.6) is 5.75 Å². The molecule has 17 heavy (non-hydrogen) atoms. The molecule has 0 unspecified atom stereocenters. The van der Waals surface area contributed by atoms with Gasteiger partial charge in [-0.05, 0) is 38.5 Å². The Labute approximate surface area is 97.4 Å². The highest BCUT2D eigenvalue weighted by Gasteiger charge is 2.35. The molecule has 0 saturated carbocycles. The first-order valence-electron chi connectivity index (χ1n) is 5.13. The van der Waals surface area contributed by atoms with Gasteiger partial charge in [-0.3, -0.25) is 4.79 Å². The van der Waals surface area contributed by atoms with Crippen LogP contribution in [0, 0.1) is 6.92 Å². The van der Waals surface area contributed by atoms with E-state index in [1.54, 1.807) is 13.8 Å². The van der Waals surface area contributed by atoms with Crippen LogP contribution in [0.4, 0.5) is 13.2 Å². The molecule has 0 fully saturated rings. The van der Waals surface area contributed by atoms with E-state index in [-0.39, 0.29) is 17.9 Å². The van der Waals surface area contributed by atoms with Crippen LogP contribution < -0.4 is 4.74 Å². The van der Waals surface area contributed by atoms with Crippen molar-refractivity contribution in [1.82, 2.24) is 0 Å². The molecular formula is C12H13F3O2. The van der Waals surface area contributed by atoms with Crippen molar-refractivity contribution in [1.29, 1.82) is 0 Å². The summed E-state index contributed by atoms with van der Waals surface area (Å²) in [5.41, 5.74) is -0.748. The molecule has 2 nitrogen and oxygen atoms in total. The molecule has 0 spiro atoms. The quantitative estimate of drug-likeness (QED) is 0.761. The van der Waals surface area contributed by atoms with Gasteiger partial charge in [0.25, 0.3) is 0 Å². The lowest BCUT2D eigenvalue weighted by Crippen LogP contribution is -2.13. The van der Waals surface area contributed by atoms with Crippen molar-refractivity contribution in [2.24, 2.45) is 0 Å². The zero-order valence-electron chi connectivity index (χ0n) is 9.81. The van der Waals surface area contributed by atoms with Crippen molar-refractivity contribution in [3.63, 3.8) is 0 Å². The third-order valence-corrected chi connectivity index (χ3v) is 2.30. The minimum Gasteiger partial charge on any atom is -0.494 e. The van der Waals surface area contributed by atoms with E-state index in [9.17, 15) is 18.0 Å². The highest BCUT2D eigenvalue weighted by atomic mass is 19.4. The van der Waals surface area contributed by atoms with Crippen LogP contribution >= 0.6 is 0 Å². The Hall–Kier alpha value is -1.52. The predicted octanol–water partition coefficient (Wildman–Crippen LogP) is 3.62. The SMILES string of the molecule is CCOc1cc(C(F)(F)F)c(C(C)=O)cc1C. The minimum atomic E-state index is -4.56. The Balaban J connectivity index is 3.42. The molecule has 5 heteroatoms. The molecule has 0 aliphatic carbocycles. The summed E-state index contributed by atoms with van der Waals surface area (Å²) in [6.07, 6.45) is -4.56. The lowest BCUT2D eigenvalue weighted by Gasteiger charge is -2.15. The van der Waals surface area contributed by atoms with E-state index >= 15 is 0 Å². The van der Waals surface area contributed by atoms with Crippen LogP contribution in [0.1, 0.15) is 35.3 Å². The summed E-state index contributed by atoms with van der Waals surface area (Å²) in [5, 5.41) is 0. The number of hydrogen-bond acceptors (Lipinski definition) is 2. The number of ether oxygens (including phenoxy) is 1. The number of hydrogen-bond donors (Lipinski definition) is 0. The number of carbonyl (C=O) groups is 1. The maximum absolute atomic E-state index is 12.8. The van der Waals surface area contributed by atoms with Gasteiger partial charge in [0, 0.05) is 5.56 Å². The van der Waals surface area contributed by atoms with Crippen molar-refractivity contribution in [3.8, 4) is 5.75 Å². The van der Waals surface area contributed by atoms with Crippen LogP contribution in [0.25, 0.3) is 0 Å². The fraction of sp³-hybridized carbons (Fsp3) is 0.417. The lowest BCUT2D eigenvalue weighted by molar-refractivity contribution is -0.138. The first-order chi connectivity index (χ1) is 7.77. The number of carbonyl (C=O) groups excluding carboxylic acids is 1. The molecule has 1 aromatic carbocycles. The van der Waals surface area contributed by atoms with Gasteiger partial charge in [-0.15, -0.1) is 0 Å². The molecule has 0 amide bonds. The van der Waals surface area contributed by atoms with Crippen LogP contribution in [0.2, 0.25) is 0 Å². The van der Waals surface area contributed by atoms with E-state index in [0.29, 0.717) is 5.56 Å². The van der Waals surface area contributed by atoms with E-state index in [1.807, 2.05) is 0 Å². The lowest BCUT2D eigenvalue weighted by atomic mass is 10.0. The summed E-state index contributed by atoms with van der Waals surface area (Å²) in [6.45, 7) is 4.69. The number of rotatable bonds is 3. The van der Waals surface area contributed by atoms with Gasteiger partial charge in [-0.2, -0.15) is 13.2 Å². The highest BCUT2D eigenvalue weighted by Crippen LogP contribution is 2.36. The molecule has 1 rings (SSSR count). The first kappa shape index (κ1) is 13.5. The smallest absolute Gasteiger partial charge is 0.417 e. The van der Waals surface area contributed by atoms with E-state index in [0.717, 1.165) is 13.0 Å². The van der Waals surface area contributed by atoms with E-state index in [2.05, 4.69) is 0 Å². The Morgan fingerprint density at radius 3 is 2.35 bits per heavy atom. The van der Waals surface area contributed by atoms with Gasteiger partial charge in [-0.1, -0.05) is 0 Å². The molecule has 0 N–H and O–H groups in total. The molecule has 0 aliphatic rings. The Bertz CT molecular complexity index is 436. The summed E-state index contributed by atoms with van der Waals surface area (Å²) in [6, 6.07) is 2.10. The summed E-state index contributed by atoms with van der Waals surface area (Å²) < 4.78 is 43.4. The average Bonchev–Trinajstić information content (AvgIpc) is 2.18. The van der Waals surface area contributed by atoms with Crippen LogP contribution in [-0.2, 0) is 6.18 Å². The number of aryl methyl sites for hydroxylation is 1. The van der Waals surface area contributed by atoms with Crippen LogP contribution in [0.3, 0.4) is 0 Å². The summed E-state index contributed by atoms with van der Waals surface area (Å²) in [7, 11) is 0. The number of benzene rings is 1. The normalized spacial score (nSPS) is 11.4. The molecular weight excluding hydrogens is 233 g/mol. The summed E-state index contributed by atoms with van der Waals surface area (Å²) in [4.78, 5) is 11.2. The number of Topliss-reactive ketones (excluding diaryl/α,β-unsaturated/α-hetero) is 1. The molecule has 1 aromatic rings. The van der Waals surface area contributed by atoms with E-state index in [4.69, 9.17) is 4.74 Å². The van der Waals surface area contributed by atoms with Gasteiger partial charge in [-0.25, -0.2) is 0 Å². The molecule has 0 atom stereocenters. The molecule has 0 aliphatic heterocycles. The third-order valence-electron chi connectivity index (χ3n) is 2.30. The monoisotopic (exact) mass is 246 g/mol. The van der Waals surface area contributed by atoms with Crippen LogP contribution in [0.15, 0.2) is 12.1 Å². The minimum absolute atomic E-state index is 0.157. The average molecular weight is 246 g/mol. The Morgan fingerprint density at radius 1 is 1.35 bits per heavy atom. The van der Waals surface area contributed by atoms with Gasteiger partial charge in [0.05, 0.1) is 12.2 Å². The fourth-order valence-electron chi connectivity index (χ4n) is 1.52. The fourth-order valence-corrected chi connectivity index (χ4v) is 1.52. The standard InChI is InChI=1S/C12H13F3O2/c1-4-17-11-6-10(12(13,14)15)9(8(3)16)5-7(11)2/h5-6H,4H2,1-3H3. The van der Waals surface area contributed by atoms with E-state index < -0.39 is 17.5 Å². The number of ketones is 1. The second-order valence-electron chi connectivity index (χ2n) is 3.65. The van der Waals surface area contributed by atoms with Crippen molar-refractivity contribution in [3.05, 3.63) is 28.8 Å². The Morgan fingerprint density at radius 2 is 1.94 bits per heavy atom. The second-order valence-corrected chi connectivity index (χ2v) is 3.65. The number of alkyl halides is 3. The van der Waals surface area contributed by atoms with Crippen molar-refractivity contribution >= 4 is 5.78 Å². The predicted molar refractivity (Wildman–Crippen MR) is 57.4 cm³/mol. The Kier molecular flexibility index (Phi) is 3.80. The zero-order chi connectivity index (χ0) is 13.2. The first-order valence-corrected chi connectivity index (χ1v) is 5.13. The molecule has 0 aromatic heterocycles. The third kappa shape index (κ3) is 2.99. The highest BCUT2D eigenvalue weighted by molar-refractivity contribution is 5.96. The maximum atomic E-state index is 12.8. The van der Waals surface area contributed by atoms with Gasteiger partial charge < -0.3 is 4.74 Å². The van der Waals surface area contributed by atoms with Crippen molar-refractivity contribution in [2.45, 2.75) is 26.9 Å². The van der Waals surface area contributed by atoms with E-state index in [1.165, 1.54) is 6.07 Å². The zero-order valence-corrected chi connectivity index (χ0v) is 9.81.